The molecule has 0 unspecified atom stereocenters. The van der Waals surface area contributed by atoms with Crippen molar-refractivity contribution >= 4 is 10.0 Å². The van der Waals surface area contributed by atoms with Gasteiger partial charge in [0.25, 0.3) is 0 Å². The molecule has 0 bridgehead atoms. The van der Waals surface area contributed by atoms with Crippen LogP contribution < -0.4 is 4.72 Å². The van der Waals surface area contributed by atoms with Crippen molar-refractivity contribution in [3.05, 3.63) is 11.6 Å². The van der Waals surface area contributed by atoms with Gasteiger partial charge in [0.15, 0.2) is 0 Å². The Morgan fingerprint density at radius 3 is 2.64 bits per heavy atom. The Labute approximate surface area is 127 Å². The van der Waals surface area contributed by atoms with Crippen molar-refractivity contribution in [2.24, 2.45) is 0 Å². The highest BCUT2D eigenvalue weighted by Gasteiger charge is 2.32. The largest absolute Gasteiger partial charge is 0.390 e. The van der Waals surface area contributed by atoms with Crippen LogP contribution in [0, 0.1) is 0 Å². The van der Waals surface area contributed by atoms with E-state index >= 15 is 0 Å². The number of halogens is 3. The number of sulfonamides is 1. The zero-order valence-electron chi connectivity index (χ0n) is 12.4. The molecule has 10 heteroatoms. The molecule has 0 amide bonds. The average Bonchev–Trinajstić information content (AvgIpc) is 2.78. The zero-order valence-corrected chi connectivity index (χ0v) is 13.2. The minimum Gasteiger partial charge on any atom is -0.313 e. The minimum atomic E-state index is -4.48. The van der Waals surface area contributed by atoms with Crippen LogP contribution in [0.2, 0.25) is 0 Å². The van der Waals surface area contributed by atoms with Gasteiger partial charge in [0, 0.05) is 24.9 Å². The molecule has 0 fully saturated rings. The van der Waals surface area contributed by atoms with E-state index in [4.69, 9.17) is 0 Å². The van der Waals surface area contributed by atoms with E-state index in [1.165, 1.54) is 0 Å². The Kier molecular flexibility index (Phi) is 4.81. The van der Waals surface area contributed by atoms with Gasteiger partial charge in [0.1, 0.15) is 11.6 Å². The van der Waals surface area contributed by atoms with Gasteiger partial charge in [-0.2, -0.15) is 13.2 Å². The van der Waals surface area contributed by atoms with E-state index in [1.807, 2.05) is 18.4 Å². The first-order valence-electron chi connectivity index (χ1n) is 7.06. The predicted molar refractivity (Wildman–Crippen MR) is 73.8 cm³/mol. The maximum Gasteiger partial charge on any atom is 0.390 e. The van der Waals surface area contributed by atoms with Crippen molar-refractivity contribution in [3.63, 3.8) is 0 Å². The van der Waals surface area contributed by atoms with E-state index in [0.717, 1.165) is 11.6 Å². The highest BCUT2D eigenvalue weighted by Crippen LogP contribution is 2.22. The average molecular weight is 340 g/mol. The lowest BCUT2D eigenvalue weighted by Crippen LogP contribution is -2.42. The number of rotatable bonds is 5. The molecule has 0 aromatic carbocycles. The molecule has 1 atom stereocenters. The summed E-state index contributed by atoms with van der Waals surface area (Å²) in [4.78, 5) is 0. The van der Waals surface area contributed by atoms with Gasteiger partial charge in [0.05, 0.1) is 12.2 Å². The Hall–Kier alpha value is -1.16. The Morgan fingerprint density at radius 2 is 2.05 bits per heavy atom. The predicted octanol–water partition coefficient (Wildman–Crippen LogP) is 1.59. The van der Waals surface area contributed by atoms with Crippen molar-refractivity contribution in [2.45, 2.75) is 57.8 Å². The van der Waals surface area contributed by atoms with Crippen LogP contribution in [-0.2, 0) is 23.0 Å². The fourth-order valence-corrected chi connectivity index (χ4v) is 3.75. The molecule has 22 heavy (non-hydrogen) atoms. The van der Waals surface area contributed by atoms with Gasteiger partial charge in [-0.1, -0.05) is 13.8 Å². The van der Waals surface area contributed by atoms with Crippen LogP contribution in [-0.4, -0.2) is 41.2 Å². The first-order valence-corrected chi connectivity index (χ1v) is 8.71. The maximum atomic E-state index is 12.1. The Balaban J connectivity index is 2.02. The van der Waals surface area contributed by atoms with Crippen LogP contribution in [0.15, 0.2) is 0 Å². The van der Waals surface area contributed by atoms with Crippen molar-refractivity contribution in [1.82, 2.24) is 19.5 Å². The highest BCUT2D eigenvalue weighted by molar-refractivity contribution is 7.89. The summed E-state index contributed by atoms with van der Waals surface area (Å²) in [6.45, 7) is 4.25. The van der Waals surface area contributed by atoms with E-state index in [2.05, 4.69) is 14.9 Å². The normalized spacial score (nSPS) is 19.5. The molecule has 2 heterocycles. The number of hydrogen-bond donors (Lipinski definition) is 1. The number of nitrogens with one attached hydrogen (secondary N) is 1. The van der Waals surface area contributed by atoms with E-state index in [9.17, 15) is 21.6 Å². The lowest BCUT2D eigenvalue weighted by molar-refractivity contribution is -0.130. The number of aryl methyl sites for hydroxylation is 1. The molecule has 1 aliphatic rings. The molecular formula is C12H19F3N4O2S. The van der Waals surface area contributed by atoms with E-state index in [-0.39, 0.29) is 5.92 Å². The first-order chi connectivity index (χ1) is 10.1. The Morgan fingerprint density at radius 1 is 1.36 bits per heavy atom. The van der Waals surface area contributed by atoms with Crippen LogP contribution in [0.25, 0.3) is 0 Å². The van der Waals surface area contributed by atoms with Gasteiger partial charge in [-0.25, -0.2) is 13.1 Å². The third-order valence-electron chi connectivity index (χ3n) is 3.49. The zero-order chi connectivity index (χ0) is 16.5. The quantitative estimate of drug-likeness (QED) is 0.883. The molecular weight excluding hydrogens is 321 g/mol. The lowest BCUT2D eigenvalue weighted by atomic mass is 10.1. The second-order valence-electron chi connectivity index (χ2n) is 5.78. The molecule has 6 nitrogen and oxygen atoms in total. The molecule has 126 valence electrons. The number of fused-ring (bicyclic) bond motifs is 1. The van der Waals surface area contributed by atoms with E-state index in [0.29, 0.717) is 19.4 Å². The van der Waals surface area contributed by atoms with Crippen LogP contribution in [0.3, 0.4) is 0 Å². The SMILES string of the molecule is CC(C)c1nnc2n1C[C@H](NS(=O)(=O)CCC(F)(F)F)CC2. The van der Waals surface area contributed by atoms with Crippen molar-refractivity contribution in [1.29, 1.82) is 0 Å². The summed E-state index contributed by atoms with van der Waals surface area (Å²) in [7, 11) is -3.96. The molecule has 0 radical (unpaired) electrons. The van der Waals surface area contributed by atoms with E-state index in [1.54, 1.807) is 0 Å². The molecule has 1 aromatic rings. The van der Waals surface area contributed by atoms with Crippen molar-refractivity contribution in [3.8, 4) is 0 Å². The molecule has 0 saturated carbocycles. The molecule has 1 N–H and O–H groups in total. The maximum absolute atomic E-state index is 12.1. The second-order valence-corrected chi connectivity index (χ2v) is 7.65. The molecule has 0 saturated heterocycles. The Bertz CT molecular complexity index is 625. The standard InChI is InChI=1S/C12H19F3N4O2S/c1-8(2)11-17-16-10-4-3-9(7-19(10)11)18-22(20,21)6-5-12(13,14)15/h8-9,18H,3-7H2,1-2H3/t9-/m1/s1. The number of aromatic nitrogens is 3. The van der Waals surface area contributed by atoms with Crippen LogP contribution in [0.1, 0.15) is 44.3 Å². The van der Waals surface area contributed by atoms with Crippen LogP contribution in [0.4, 0.5) is 13.2 Å². The summed E-state index contributed by atoms with van der Waals surface area (Å²) in [5, 5.41) is 8.15. The smallest absolute Gasteiger partial charge is 0.313 e. The van der Waals surface area contributed by atoms with E-state index < -0.39 is 34.4 Å². The molecule has 1 aromatic heterocycles. The second kappa shape index (κ2) is 6.15. The van der Waals surface area contributed by atoms with Gasteiger partial charge >= 0.3 is 6.18 Å². The summed E-state index contributed by atoms with van der Waals surface area (Å²) in [6, 6.07) is -0.431. The fraction of sp³-hybridized carbons (Fsp3) is 0.833. The van der Waals surface area contributed by atoms with Gasteiger partial charge < -0.3 is 4.57 Å². The first kappa shape index (κ1) is 17.2. The monoisotopic (exact) mass is 340 g/mol. The minimum absolute atomic E-state index is 0.141. The summed E-state index contributed by atoms with van der Waals surface area (Å²) < 4.78 is 64.2. The third kappa shape index (κ3) is 4.42. The van der Waals surface area contributed by atoms with Gasteiger partial charge in [-0.05, 0) is 6.42 Å². The summed E-state index contributed by atoms with van der Waals surface area (Å²) in [5.41, 5.74) is 0. The lowest BCUT2D eigenvalue weighted by Gasteiger charge is -2.25. The summed E-state index contributed by atoms with van der Waals surface area (Å²) in [5.74, 6) is 0.740. The van der Waals surface area contributed by atoms with Crippen molar-refractivity contribution in [2.75, 3.05) is 5.75 Å². The van der Waals surface area contributed by atoms with Gasteiger partial charge in [-0.3, -0.25) is 0 Å². The third-order valence-corrected chi connectivity index (χ3v) is 4.93. The summed E-state index contributed by atoms with van der Waals surface area (Å²) >= 11 is 0. The fourth-order valence-electron chi connectivity index (χ4n) is 2.43. The van der Waals surface area contributed by atoms with Crippen LogP contribution in [0.5, 0.6) is 0 Å². The van der Waals surface area contributed by atoms with Gasteiger partial charge in [-0.15, -0.1) is 10.2 Å². The van der Waals surface area contributed by atoms with Gasteiger partial charge in [0.2, 0.25) is 10.0 Å². The number of nitrogens with zero attached hydrogens (tertiary/aromatic N) is 3. The number of alkyl halides is 3. The summed E-state index contributed by atoms with van der Waals surface area (Å²) in [6.07, 6.45) is -4.77. The molecule has 0 spiro atoms. The molecule has 1 aliphatic heterocycles. The highest BCUT2D eigenvalue weighted by atomic mass is 32.2. The topological polar surface area (TPSA) is 76.9 Å². The molecule has 2 rings (SSSR count). The van der Waals surface area contributed by atoms with Crippen LogP contribution >= 0.6 is 0 Å². The number of hydrogen-bond acceptors (Lipinski definition) is 4. The van der Waals surface area contributed by atoms with Crippen molar-refractivity contribution < 1.29 is 21.6 Å². The molecule has 0 aliphatic carbocycles.